The lowest BCUT2D eigenvalue weighted by Crippen LogP contribution is -2.33. The highest BCUT2D eigenvalue weighted by Crippen LogP contribution is 2.38. The number of amides is 2. The van der Waals surface area contributed by atoms with Crippen LogP contribution < -0.4 is 10.6 Å². The molecular weight excluding hydrogens is 343 g/mol. The molecule has 1 atom stereocenters. The van der Waals surface area contributed by atoms with E-state index in [1.165, 1.54) is 12.1 Å². The number of urea groups is 1. The highest BCUT2D eigenvalue weighted by Gasteiger charge is 2.28. The lowest BCUT2D eigenvalue weighted by Gasteiger charge is -2.16. The van der Waals surface area contributed by atoms with Gasteiger partial charge >= 0.3 is 6.03 Å². The van der Waals surface area contributed by atoms with E-state index in [9.17, 15) is 9.18 Å². The predicted octanol–water partition coefficient (Wildman–Crippen LogP) is 4.07. The zero-order valence-electron chi connectivity index (χ0n) is 13.0. The Balaban J connectivity index is 1.47. The number of halogens is 2. The van der Waals surface area contributed by atoms with E-state index in [-0.39, 0.29) is 11.1 Å². The molecule has 0 spiro atoms. The normalized spacial score (nSPS) is 14.7. The van der Waals surface area contributed by atoms with Gasteiger partial charge in [-0.3, -0.25) is 0 Å². The molecule has 25 heavy (non-hydrogen) atoms. The minimum atomic E-state index is -0.453. The van der Waals surface area contributed by atoms with E-state index in [0.29, 0.717) is 12.2 Å². The van der Waals surface area contributed by atoms with E-state index in [1.807, 2.05) is 35.0 Å². The van der Waals surface area contributed by atoms with Crippen LogP contribution in [-0.2, 0) is 0 Å². The van der Waals surface area contributed by atoms with Crippen LogP contribution in [0.5, 0.6) is 0 Å². The first-order chi connectivity index (χ1) is 12.1. The molecule has 2 N–H and O–H groups in total. The number of benzene rings is 2. The fourth-order valence-corrected chi connectivity index (χ4v) is 3.30. The second-order valence-corrected chi connectivity index (χ2v) is 6.16. The van der Waals surface area contributed by atoms with Crippen LogP contribution in [0, 0.1) is 5.82 Å². The standard InChI is InChI=1S/C18H14ClFN4O/c19-14-7-11(20)5-6-15(14)23-18(25)22-9-17-13-4-2-1-3-12(13)16-8-21-10-24(16)17/h1-8,10,17H,9H2,(H2,22,23,25)/t17-/m1/s1. The van der Waals surface area contributed by atoms with Crippen LogP contribution in [0.1, 0.15) is 11.6 Å². The number of fused-ring (bicyclic) bond motifs is 3. The van der Waals surface area contributed by atoms with Gasteiger partial charge in [-0.15, -0.1) is 0 Å². The third-order valence-corrected chi connectivity index (χ3v) is 4.55. The average Bonchev–Trinajstić information content (AvgIpc) is 3.17. The van der Waals surface area contributed by atoms with Gasteiger partial charge < -0.3 is 15.2 Å². The lowest BCUT2D eigenvalue weighted by molar-refractivity contribution is 0.251. The fraction of sp³-hybridized carbons (Fsp3) is 0.111. The molecule has 2 heterocycles. The first-order valence-corrected chi connectivity index (χ1v) is 8.12. The van der Waals surface area contributed by atoms with Crippen LogP contribution in [0.15, 0.2) is 55.0 Å². The third-order valence-electron chi connectivity index (χ3n) is 4.23. The van der Waals surface area contributed by atoms with E-state index in [2.05, 4.69) is 15.6 Å². The summed E-state index contributed by atoms with van der Waals surface area (Å²) < 4.78 is 15.1. The van der Waals surface area contributed by atoms with Gasteiger partial charge in [0.2, 0.25) is 0 Å². The molecule has 1 aliphatic rings. The van der Waals surface area contributed by atoms with Crippen molar-refractivity contribution in [1.82, 2.24) is 14.9 Å². The Morgan fingerprint density at radius 1 is 1.28 bits per heavy atom. The van der Waals surface area contributed by atoms with Gasteiger partial charge in [-0.2, -0.15) is 0 Å². The summed E-state index contributed by atoms with van der Waals surface area (Å²) in [6.45, 7) is 0.394. The highest BCUT2D eigenvalue weighted by atomic mass is 35.5. The molecule has 3 aromatic rings. The summed E-state index contributed by atoms with van der Waals surface area (Å²) in [4.78, 5) is 16.4. The summed E-state index contributed by atoms with van der Waals surface area (Å²) in [5, 5.41) is 5.62. The Hall–Kier alpha value is -2.86. The molecule has 126 valence electrons. The number of aromatic nitrogens is 2. The van der Waals surface area contributed by atoms with Gasteiger partial charge in [0.15, 0.2) is 0 Å². The number of nitrogens with zero attached hydrogens (tertiary/aromatic N) is 2. The summed E-state index contributed by atoms with van der Waals surface area (Å²) in [5.41, 5.74) is 3.65. The Kier molecular flexibility index (Phi) is 3.89. The second kappa shape index (κ2) is 6.22. The van der Waals surface area contributed by atoms with Gasteiger partial charge in [-0.05, 0) is 23.8 Å². The molecule has 0 unspecified atom stereocenters. The van der Waals surface area contributed by atoms with Crippen molar-refractivity contribution in [2.24, 2.45) is 0 Å². The summed E-state index contributed by atoms with van der Waals surface area (Å²) in [6, 6.07) is 11.4. The number of carbonyl (C=O) groups is 1. The number of imidazole rings is 1. The molecule has 1 aromatic heterocycles. The van der Waals surface area contributed by atoms with Crippen LogP contribution in [0.4, 0.5) is 14.9 Å². The zero-order chi connectivity index (χ0) is 17.4. The maximum Gasteiger partial charge on any atom is 0.319 e. The quantitative estimate of drug-likeness (QED) is 0.743. The highest BCUT2D eigenvalue weighted by molar-refractivity contribution is 6.33. The number of anilines is 1. The topological polar surface area (TPSA) is 59.0 Å². The Morgan fingerprint density at radius 2 is 2.12 bits per heavy atom. The molecule has 2 amide bonds. The fourth-order valence-electron chi connectivity index (χ4n) is 3.09. The molecular formula is C18H14ClFN4O. The van der Waals surface area contributed by atoms with Crippen molar-refractivity contribution < 1.29 is 9.18 Å². The summed E-state index contributed by atoms with van der Waals surface area (Å²) in [5.74, 6) is -0.453. The van der Waals surface area contributed by atoms with E-state index in [0.717, 1.165) is 22.9 Å². The molecule has 2 aromatic carbocycles. The largest absolute Gasteiger partial charge is 0.335 e. The third kappa shape index (κ3) is 2.85. The van der Waals surface area contributed by atoms with Gasteiger partial charge in [0.25, 0.3) is 0 Å². The van der Waals surface area contributed by atoms with Gasteiger partial charge in [-0.1, -0.05) is 35.9 Å². The number of nitrogens with one attached hydrogen (secondary N) is 2. The van der Waals surface area contributed by atoms with Gasteiger partial charge in [-0.25, -0.2) is 14.2 Å². The summed E-state index contributed by atoms with van der Waals surface area (Å²) in [6.07, 6.45) is 3.58. The Morgan fingerprint density at radius 3 is 2.96 bits per heavy atom. The molecule has 0 radical (unpaired) electrons. The minimum absolute atomic E-state index is 0.0249. The zero-order valence-corrected chi connectivity index (χ0v) is 13.8. The van der Waals surface area contributed by atoms with Crippen molar-refractivity contribution >= 4 is 23.3 Å². The van der Waals surface area contributed by atoms with E-state index in [4.69, 9.17) is 11.6 Å². The van der Waals surface area contributed by atoms with Gasteiger partial charge in [0.05, 0.1) is 35.0 Å². The molecule has 0 aliphatic carbocycles. The monoisotopic (exact) mass is 356 g/mol. The van der Waals surface area contributed by atoms with E-state index >= 15 is 0 Å². The molecule has 0 fully saturated rings. The SMILES string of the molecule is O=C(NC[C@@H]1c2ccccc2-c2cncn21)Nc1ccc(F)cc1Cl. The van der Waals surface area contributed by atoms with Crippen LogP contribution in [0.3, 0.4) is 0 Å². The van der Waals surface area contributed by atoms with Crippen molar-refractivity contribution in [3.63, 3.8) is 0 Å². The average molecular weight is 357 g/mol. The van der Waals surface area contributed by atoms with Crippen molar-refractivity contribution in [2.45, 2.75) is 6.04 Å². The smallest absolute Gasteiger partial charge is 0.319 e. The first-order valence-electron chi connectivity index (χ1n) is 7.74. The van der Waals surface area contributed by atoms with E-state index in [1.54, 1.807) is 6.33 Å². The van der Waals surface area contributed by atoms with E-state index < -0.39 is 11.8 Å². The number of rotatable bonds is 3. The van der Waals surface area contributed by atoms with Crippen LogP contribution in [0.2, 0.25) is 5.02 Å². The molecule has 0 saturated carbocycles. The molecule has 1 aliphatic heterocycles. The minimum Gasteiger partial charge on any atom is -0.335 e. The van der Waals surface area contributed by atoms with Gasteiger partial charge in [0.1, 0.15) is 5.82 Å². The van der Waals surface area contributed by atoms with Crippen molar-refractivity contribution in [2.75, 3.05) is 11.9 Å². The predicted molar refractivity (Wildman–Crippen MR) is 94.2 cm³/mol. The molecule has 5 nitrogen and oxygen atoms in total. The maximum atomic E-state index is 13.1. The van der Waals surface area contributed by atoms with Crippen LogP contribution in [-0.4, -0.2) is 22.1 Å². The lowest BCUT2D eigenvalue weighted by atomic mass is 10.0. The molecule has 4 rings (SSSR count). The van der Waals surface area contributed by atoms with Crippen LogP contribution >= 0.6 is 11.6 Å². The Labute approximate surface area is 148 Å². The Bertz CT molecular complexity index is 956. The van der Waals surface area contributed by atoms with Crippen molar-refractivity contribution in [3.8, 4) is 11.3 Å². The maximum absolute atomic E-state index is 13.1. The first kappa shape index (κ1) is 15.7. The van der Waals surface area contributed by atoms with Crippen LogP contribution in [0.25, 0.3) is 11.3 Å². The van der Waals surface area contributed by atoms with Crippen molar-refractivity contribution in [3.05, 3.63) is 71.4 Å². The summed E-state index contributed by atoms with van der Waals surface area (Å²) in [7, 11) is 0. The second-order valence-electron chi connectivity index (χ2n) is 5.75. The molecule has 7 heteroatoms. The molecule has 0 bridgehead atoms. The summed E-state index contributed by atoms with van der Waals surface area (Å²) >= 11 is 5.93. The molecule has 0 saturated heterocycles. The number of hydrogen-bond acceptors (Lipinski definition) is 2. The number of carbonyl (C=O) groups excluding carboxylic acids is 1. The number of hydrogen-bond donors (Lipinski definition) is 2. The van der Waals surface area contributed by atoms with Gasteiger partial charge in [0, 0.05) is 12.1 Å². The van der Waals surface area contributed by atoms with Crippen molar-refractivity contribution in [1.29, 1.82) is 0 Å².